The molecule has 1 fully saturated rings. The number of rotatable bonds is 9. The maximum absolute atomic E-state index is 4.77. The van der Waals surface area contributed by atoms with Crippen LogP contribution >= 0.6 is 0 Å². The Morgan fingerprint density at radius 3 is 2.70 bits per heavy atom. The third kappa shape index (κ3) is 4.08. The predicted molar refractivity (Wildman–Crippen MR) is 84.9 cm³/mol. The molecule has 2 rings (SSSR count). The van der Waals surface area contributed by atoms with Crippen molar-refractivity contribution in [3.63, 3.8) is 0 Å². The molecule has 20 heavy (non-hydrogen) atoms. The van der Waals surface area contributed by atoms with E-state index in [2.05, 4.69) is 50.0 Å². The van der Waals surface area contributed by atoms with Crippen molar-refractivity contribution in [2.45, 2.75) is 71.9 Å². The van der Waals surface area contributed by atoms with Crippen LogP contribution in [0.2, 0.25) is 0 Å². The van der Waals surface area contributed by atoms with Gasteiger partial charge in [-0.25, -0.2) is 0 Å². The molecule has 3 unspecified atom stereocenters. The van der Waals surface area contributed by atoms with Crippen LogP contribution in [0.4, 0.5) is 0 Å². The van der Waals surface area contributed by atoms with E-state index in [9.17, 15) is 0 Å². The van der Waals surface area contributed by atoms with Gasteiger partial charge in [0.05, 0.1) is 5.69 Å². The first-order valence-electron chi connectivity index (χ1n) is 8.43. The van der Waals surface area contributed by atoms with Crippen molar-refractivity contribution in [1.29, 1.82) is 0 Å². The van der Waals surface area contributed by atoms with Crippen molar-refractivity contribution >= 4 is 0 Å². The lowest BCUT2D eigenvalue weighted by atomic mass is 9.93. The van der Waals surface area contributed by atoms with Crippen LogP contribution in [0.5, 0.6) is 0 Å². The second-order valence-corrected chi connectivity index (χ2v) is 6.51. The maximum atomic E-state index is 4.77. The molecular weight excluding hydrogens is 246 g/mol. The Labute approximate surface area is 124 Å². The summed E-state index contributed by atoms with van der Waals surface area (Å²) in [5.41, 5.74) is 1.24. The van der Waals surface area contributed by atoms with E-state index in [0.717, 1.165) is 31.2 Å². The van der Waals surface area contributed by atoms with Gasteiger partial charge in [-0.3, -0.25) is 4.68 Å². The van der Waals surface area contributed by atoms with Gasteiger partial charge in [0, 0.05) is 24.7 Å². The Morgan fingerprint density at radius 2 is 2.10 bits per heavy atom. The van der Waals surface area contributed by atoms with E-state index >= 15 is 0 Å². The van der Waals surface area contributed by atoms with Crippen molar-refractivity contribution in [3.8, 4) is 0 Å². The molecule has 0 radical (unpaired) electrons. The first kappa shape index (κ1) is 15.6. The van der Waals surface area contributed by atoms with E-state index in [0.29, 0.717) is 12.1 Å². The Bertz CT molecular complexity index is 395. The van der Waals surface area contributed by atoms with Gasteiger partial charge in [0.2, 0.25) is 0 Å². The molecule has 0 aliphatic heterocycles. The van der Waals surface area contributed by atoms with Crippen molar-refractivity contribution in [1.82, 2.24) is 15.1 Å². The van der Waals surface area contributed by atoms with E-state index in [-0.39, 0.29) is 0 Å². The number of hydrogen-bond donors (Lipinski definition) is 1. The zero-order valence-corrected chi connectivity index (χ0v) is 13.6. The van der Waals surface area contributed by atoms with Crippen molar-refractivity contribution in [3.05, 3.63) is 18.0 Å². The summed E-state index contributed by atoms with van der Waals surface area (Å²) in [6.45, 7) is 10.2. The van der Waals surface area contributed by atoms with Crippen LogP contribution < -0.4 is 5.32 Å². The molecule has 3 nitrogen and oxygen atoms in total. The molecule has 1 aromatic heterocycles. The molecular formula is C17H31N3. The molecule has 0 saturated heterocycles. The van der Waals surface area contributed by atoms with Crippen LogP contribution in [0.1, 0.15) is 65.1 Å². The molecule has 1 saturated carbocycles. The average molecular weight is 277 g/mol. The molecule has 0 amide bonds. The molecule has 0 bridgehead atoms. The Morgan fingerprint density at radius 1 is 1.35 bits per heavy atom. The van der Waals surface area contributed by atoms with Crippen molar-refractivity contribution in [2.24, 2.45) is 11.8 Å². The van der Waals surface area contributed by atoms with Gasteiger partial charge in [-0.2, -0.15) is 5.10 Å². The molecule has 114 valence electrons. The Balaban J connectivity index is 1.96. The molecule has 1 heterocycles. The molecule has 1 N–H and O–H groups in total. The average Bonchev–Trinajstić information content (AvgIpc) is 3.21. The first-order valence-corrected chi connectivity index (χ1v) is 8.43. The van der Waals surface area contributed by atoms with Gasteiger partial charge in [-0.05, 0) is 57.1 Å². The molecule has 3 heteroatoms. The topological polar surface area (TPSA) is 29.9 Å². The molecule has 0 aromatic carbocycles. The number of hydrogen-bond acceptors (Lipinski definition) is 2. The van der Waals surface area contributed by atoms with Gasteiger partial charge < -0.3 is 5.32 Å². The molecule has 1 aromatic rings. The van der Waals surface area contributed by atoms with Crippen LogP contribution in [-0.2, 0) is 6.42 Å². The van der Waals surface area contributed by atoms with Gasteiger partial charge in [-0.15, -0.1) is 0 Å². The third-order valence-electron chi connectivity index (χ3n) is 4.79. The summed E-state index contributed by atoms with van der Waals surface area (Å²) in [6, 6.07) is 3.29. The van der Waals surface area contributed by atoms with Crippen LogP contribution in [0.15, 0.2) is 12.3 Å². The van der Waals surface area contributed by atoms with Gasteiger partial charge in [0.1, 0.15) is 0 Å². The van der Waals surface area contributed by atoms with E-state index in [1.807, 2.05) is 0 Å². The van der Waals surface area contributed by atoms with E-state index in [1.165, 1.54) is 25.0 Å². The second-order valence-electron chi connectivity index (χ2n) is 6.51. The summed E-state index contributed by atoms with van der Waals surface area (Å²) in [6.07, 6.45) is 8.40. The van der Waals surface area contributed by atoms with Crippen LogP contribution in [-0.4, -0.2) is 22.4 Å². The highest BCUT2D eigenvalue weighted by molar-refractivity contribution is 5.04. The SMILES string of the molecule is CCCNC(Cc1ccn(C(C)CC)n1)C(C)C1CC1. The van der Waals surface area contributed by atoms with Crippen LogP contribution in [0.25, 0.3) is 0 Å². The molecule has 1 aliphatic rings. The zero-order valence-electron chi connectivity index (χ0n) is 13.6. The minimum atomic E-state index is 0.506. The van der Waals surface area contributed by atoms with Crippen LogP contribution in [0.3, 0.4) is 0 Å². The first-order chi connectivity index (χ1) is 9.65. The minimum Gasteiger partial charge on any atom is -0.313 e. The molecule has 0 spiro atoms. The van der Waals surface area contributed by atoms with E-state index in [1.54, 1.807) is 0 Å². The highest BCUT2D eigenvalue weighted by atomic mass is 15.3. The smallest absolute Gasteiger partial charge is 0.0640 e. The second kappa shape index (κ2) is 7.26. The highest BCUT2D eigenvalue weighted by Gasteiger charge is 2.33. The summed E-state index contributed by atoms with van der Waals surface area (Å²) in [5.74, 6) is 1.72. The fourth-order valence-electron chi connectivity index (χ4n) is 2.87. The maximum Gasteiger partial charge on any atom is 0.0640 e. The van der Waals surface area contributed by atoms with Gasteiger partial charge in [0.25, 0.3) is 0 Å². The molecule has 3 atom stereocenters. The summed E-state index contributed by atoms with van der Waals surface area (Å²) < 4.78 is 2.12. The lowest BCUT2D eigenvalue weighted by molar-refractivity contribution is 0.336. The minimum absolute atomic E-state index is 0.506. The van der Waals surface area contributed by atoms with Crippen LogP contribution in [0, 0.1) is 11.8 Å². The standard InChI is InChI=1S/C17H31N3/c1-5-10-18-17(14(4)15-7-8-15)12-16-9-11-20(19-16)13(3)6-2/h9,11,13-15,17-18H,5-8,10,12H2,1-4H3. The fraction of sp³-hybridized carbons (Fsp3) is 0.824. The lowest BCUT2D eigenvalue weighted by Crippen LogP contribution is -2.38. The summed E-state index contributed by atoms with van der Waals surface area (Å²) in [7, 11) is 0. The normalized spacial score (nSPS) is 19.8. The molecule has 1 aliphatic carbocycles. The third-order valence-corrected chi connectivity index (χ3v) is 4.79. The van der Waals surface area contributed by atoms with Gasteiger partial charge >= 0.3 is 0 Å². The monoisotopic (exact) mass is 277 g/mol. The summed E-state index contributed by atoms with van der Waals surface area (Å²) >= 11 is 0. The number of nitrogens with zero attached hydrogens (tertiary/aromatic N) is 2. The van der Waals surface area contributed by atoms with E-state index in [4.69, 9.17) is 5.10 Å². The zero-order chi connectivity index (χ0) is 14.5. The van der Waals surface area contributed by atoms with Gasteiger partial charge in [0.15, 0.2) is 0 Å². The fourth-order valence-corrected chi connectivity index (χ4v) is 2.87. The van der Waals surface area contributed by atoms with Gasteiger partial charge in [-0.1, -0.05) is 20.8 Å². The lowest BCUT2D eigenvalue weighted by Gasteiger charge is -2.24. The Hall–Kier alpha value is -0.830. The largest absolute Gasteiger partial charge is 0.313 e. The Kier molecular flexibility index (Phi) is 5.64. The highest BCUT2D eigenvalue weighted by Crippen LogP contribution is 2.38. The summed E-state index contributed by atoms with van der Waals surface area (Å²) in [5, 5.41) is 8.51. The predicted octanol–water partition coefficient (Wildman–Crippen LogP) is 3.81. The number of aromatic nitrogens is 2. The summed E-state index contributed by atoms with van der Waals surface area (Å²) in [4.78, 5) is 0. The van der Waals surface area contributed by atoms with E-state index < -0.39 is 0 Å². The number of nitrogens with one attached hydrogen (secondary N) is 1. The quantitative estimate of drug-likeness (QED) is 0.744. The van der Waals surface area contributed by atoms with Crippen molar-refractivity contribution in [2.75, 3.05) is 6.54 Å². The van der Waals surface area contributed by atoms with Crippen molar-refractivity contribution < 1.29 is 0 Å².